The number of carbonyl (C=O) groups excluding carboxylic acids is 1. The van der Waals surface area contributed by atoms with E-state index in [9.17, 15) is 14.3 Å². The van der Waals surface area contributed by atoms with Crippen LogP contribution in [-0.2, 0) is 24.9 Å². The highest BCUT2D eigenvalue weighted by Gasteiger charge is 2.26. The molecule has 0 aliphatic carbocycles. The molecule has 1 N–H and O–H groups in total. The summed E-state index contributed by atoms with van der Waals surface area (Å²) in [6.07, 6.45) is 0.601. The first-order valence-corrected chi connectivity index (χ1v) is 13.5. The Hall–Kier alpha value is -3.82. The van der Waals surface area contributed by atoms with E-state index in [0.29, 0.717) is 41.6 Å². The van der Waals surface area contributed by atoms with Crippen LogP contribution in [-0.4, -0.2) is 39.1 Å². The van der Waals surface area contributed by atoms with Crippen molar-refractivity contribution in [1.29, 1.82) is 0 Å². The molecule has 5 aromatic rings. The number of thiol groups is 1. The van der Waals surface area contributed by atoms with Crippen LogP contribution >= 0.6 is 12.6 Å². The van der Waals surface area contributed by atoms with Gasteiger partial charge in [-0.25, -0.2) is 9.18 Å². The van der Waals surface area contributed by atoms with E-state index in [1.807, 2.05) is 50.6 Å². The predicted molar refractivity (Wildman–Crippen MR) is 157 cm³/mol. The minimum absolute atomic E-state index is 0.192. The maximum atomic E-state index is 13.8. The van der Waals surface area contributed by atoms with E-state index in [2.05, 4.69) is 17.7 Å². The van der Waals surface area contributed by atoms with Crippen LogP contribution < -0.4 is 4.74 Å². The highest BCUT2D eigenvalue weighted by molar-refractivity contribution is 7.80. The second-order valence-electron chi connectivity index (χ2n) is 9.97. The topological polar surface area (TPSA) is 78.5 Å². The largest absolute Gasteiger partial charge is 0.493 e. The smallest absolute Gasteiger partial charge is 0.354 e. The van der Waals surface area contributed by atoms with Gasteiger partial charge in [0.1, 0.15) is 17.3 Å². The number of hydrogen-bond acceptors (Lipinski definition) is 6. The fraction of sp³-hybridized carbons (Fsp3) is 0.290. The highest BCUT2D eigenvalue weighted by atomic mass is 32.1. The first-order valence-electron chi connectivity index (χ1n) is 13.1. The number of rotatable bonds is 8. The third-order valence-corrected chi connectivity index (χ3v) is 7.77. The minimum atomic E-state index is -0.417. The number of nitrogens with zero attached hydrogens (tertiary/aromatic N) is 3. The number of benzene rings is 3. The monoisotopic (exact) mass is 561 g/mol. The van der Waals surface area contributed by atoms with Crippen LogP contribution in [0.15, 0.2) is 47.4 Å². The number of halogens is 1. The average molecular weight is 562 g/mol. The van der Waals surface area contributed by atoms with Crippen LogP contribution in [0.4, 0.5) is 4.39 Å². The molecule has 0 amide bonds. The van der Waals surface area contributed by atoms with Gasteiger partial charge >= 0.3 is 5.97 Å². The third kappa shape index (κ3) is 4.73. The fourth-order valence-electron chi connectivity index (χ4n) is 5.58. The van der Waals surface area contributed by atoms with Crippen molar-refractivity contribution in [1.82, 2.24) is 14.3 Å². The number of aryl methyl sites for hydroxylation is 4. The molecule has 0 fully saturated rings. The maximum Gasteiger partial charge on any atom is 0.354 e. The number of fused-ring (bicyclic) bond motifs is 2. The summed E-state index contributed by atoms with van der Waals surface area (Å²) in [6, 6.07) is 12.3. The van der Waals surface area contributed by atoms with Crippen molar-refractivity contribution in [3.8, 4) is 16.9 Å². The van der Waals surface area contributed by atoms with E-state index in [4.69, 9.17) is 9.47 Å². The molecule has 208 valence electrons. The van der Waals surface area contributed by atoms with Gasteiger partial charge in [0.2, 0.25) is 0 Å². The van der Waals surface area contributed by atoms with E-state index in [1.54, 1.807) is 16.8 Å². The van der Waals surface area contributed by atoms with Crippen molar-refractivity contribution in [3.05, 3.63) is 76.5 Å². The standard InChI is InChI=1S/C31H32FN3O4S/c1-17-7-10-25-28(27(17)29-19(3)34(4)33-24(29)16-36)18(2)30(31(37)38-5)35(25)11-6-12-39-26-15-22(40)14-20-13-21(32)8-9-23(20)26/h7-10,13-15,36,40H,6,11-12,16H2,1-5H3. The maximum absolute atomic E-state index is 13.8. The molecular formula is C31H32FN3O4S. The lowest BCUT2D eigenvalue weighted by Gasteiger charge is -2.14. The summed E-state index contributed by atoms with van der Waals surface area (Å²) in [5.41, 5.74) is 6.56. The molecule has 3 aromatic carbocycles. The van der Waals surface area contributed by atoms with Gasteiger partial charge in [-0.2, -0.15) is 5.10 Å². The summed E-state index contributed by atoms with van der Waals surface area (Å²) in [5, 5.41) is 17.1. The molecule has 2 aromatic heterocycles. The molecule has 0 radical (unpaired) electrons. The molecule has 0 aliphatic rings. The van der Waals surface area contributed by atoms with Gasteiger partial charge < -0.3 is 19.1 Å². The van der Waals surface area contributed by atoms with Crippen molar-refractivity contribution in [3.63, 3.8) is 0 Å². The van der Waals surface area contributed by atoms with Crippen LogP contribution in [0, 0.1) is 26.6 Å². The Balaban J connectivity index is 1.53. The first-order chi connectivity index (χ1) is 19.2. The summed E-state index contributed by atoms with van der Waals surface area (Å²) < 4.78 is 28.8. The van der Waals surface area contributed by atoms with Gasteiger partial charge in [-0.15, -0.1) is 12.6 Å². The molecule has 9 heteroatoms. The second-order valence-corrected chi connectivity index (χ2v) is 10.5. The Morgan fingerprint density at radius 1 is 1.10 bits per heavy atom. The number of methoxy groups -OCH3 is 1. The first kappa shape index (κ1) is 27.7. The number of esters is 1. The number of ether oxygens (including phenoxy) is 2. The lowest BCUT2D eigenvalue weighted by atomic mass is 9.93. The van der Waals surface area contributed by atoms with E-state index < -0.39 is 5.97 Å². The SMILES string of the molecule is COC(=O)c1c(C)c2c(-c3c(CO)nn(C)c3C)c(C)ccc2n1CCCOc1cc(S)cc2cc(F)ccc12. The molecule has 0 saturated carbocycles. The minimum Gasteiger partial charge on any atom is -0.493 e. The summed E-state index contributed by atoms with van der Waals surface area (Å²) in [7, 11) is 3.24. The predicted octanol–water partition coefficient (Wildman–Crippen LogP) is 6.30. The van der Waals surface area contributed by atoms with Crippen LogP contribution in [0.2, 0.25) is 0 Å². The Labute approximate surface area is 237 Å². The second kappa shape index (κ2) is 11.0. The number of aliphatic hydroxyl groups excluding tert-OH is 1. The van der Waals surface area contributed by atoms with Crippen molar-refractivity contribution >= 4 is 40.3 Å². The van der Waals surface area contributed by atoms with E-state index in [1.165, 1.54) is 19.2 Å². The van der Waals surface area contributed by atoms with Crippen LogP contribution in [0.5, 0.6) is 5.75 Å². The Morgan fingerprint density at radius 2 is 1.88 bits per heavy atom. The van der Waals surface area contributed by atoms with Gasteiger partial charge in [-0.05, 0) is 85.7 Å². The number of carbonyl (C=O) groups is 1. The number of aliphatic hydroxyl groups is 1. The average Bonchev–Trinajstić information content (AvgIpc) is 3.37. The lowest BCUT2D eigenvalue weighted by Crippen LogP contribution is -2.13. The van der Waals surface area contributed by atoms with Gasteiger partial charge in [0.15, 0.2) is 0 Å². The van der Waals surface area contributed by atoms with Crippen molar-refractivity contribution in [2.24, 2.45) is 7.05 Å². The third-order valence-electron chi connectivity index (χ3n) is 7.51. The molecular weight excluding hydrogens is 529 g/mol. The Kier molecular flexibility index (Phi) is 7.61. The molecule has 5 rings (SSSR count). The van der Waals surface area contributed by atoms with Gasteiger partial charge in [0, 0.05) is 46.0 Å². The molecule has 0 aliphatic heterocycles. The zero-order chi connectivity index (χ0) is 28.7. The van der Waals surface area contributed by atoms with Crippen molar-refractivity contribution in [2.75, 3.05) is 13.7 Å². The number of hydrogen-bond donors (Lipinski definition) is 2. The Morgan fingerprint density at radius 3 is 2.60 bits per heavy atom. The molecule has 2 heterocycles. The Bertz CT molecular complexity index is 1770. The zero-order valence-corrected chi connectivity index (χ0v) is 24.1. The van der Waals surface area contributed by atoms with Crippen molar-refractivity contribution < 1.29 is 23.8 Å². The fourth-order valence-corrected chi connectivity index (χ4v) is 5.84. The molecule has 0 saturated heterocycles. The molecule has 0 bridgehead atoms. The molecule has 0 spiro atoms. The number of aromatic nitrogens is 3. The van der Waals surface area contributed by atoms with Crippen molar-refractivity contribution in [2.45, 2.75) is 45.2 Å². The van der Waals surface area contributed by atoms with Crippen LogP contribution in [0.1, 0.15) is 39.4 Å². The van der Waals surface area contributed by atoms with Crippen LogP contribution in [0.25, 0.3) is 32.8 Å². The summed E-state index contributed by atoms with van der Waals surface area (Å²) in [4.78, 5) is 13.7. The zero-order valence-electron chi connectivity index (χ0n) is 23.2. The van der Waals surface area contributed by atoms with E-state index in [-0.39, 0.29) is 12.4 Å². The van der Waals surface area contributed by atoms with Crippen LogP contribution in [0.3, 0.4) is 0 Å². The normalized spacial score (nSPS) is 11.5. The quantitative estimate of drug-likeness (QED) is 0.132. The van der Waals surface area contributed by atoms with E-state index in [0.717, 1.165) is 49.6 Å². The molecule has 0 unspecified atom stereocenters. The summed E-state index contributed by atoms with van der Waals surface area (Å²) in [6.45, 7) is 6.61. The van der Waals surface area contributed by atoms with Gasteiger partial charge in [-0.3, -0.25) is 4.68 Å². The van der Waals surface area contributed by atoms with E-state index >= 15 is 0 Å². The molecule has 7 nitrogen and oxygen atoms in total. The lowest BCUT2D eigenvalue weighted by molar-refractivity contribution is 0.0587. The molecule has 0 atom stereocenters. The van der Waals surface area contributed by atoms with Gasteiger partial charge in [-0.1, -0.05) is 6.07 Å². The van der Waals surface area contributed by atoms with Gasteiger partial charge in [0.05, 0.1) is 26.0 Å². The highest BCUT2D eigenvalue weighted by Crippen LogP contribution is 2.40. The summed E-state index contributed by atoms with van der Waals surface area (Å²) in [5.74, 6) is -0.102. The molecule has 40 heavy (non-hydrogen) atoms. The van der Waals surface area contributed by atoms with Gasteiger partial charge in [0.25, 0.3) is 0 Å². The summed E-state index contributed by atoms with van der Waals surface area (Å²) >= 11 is 4.45.